The molecule has 25 heavy (non-hydrogen) atoms. The summed E-state index contributed by atoms with van der Waals surface area (Å²) in [7, 11) is -6.09. The maximum Gasteiger partial charge on any atom is 0.485 e. The molecule has 146 valence electrons. The molecule has 1 rings (SSSR count). The van der Waals surface area contributed by atoms with E-state index in [2.05, 4.69) is 42.8 Å². The summed E-state index contributed by atoms with van der Waals surface area (Å²) in [6, 6.07) is 6.42. The Kier molecular flexibility index (Phi) is 11.7. The summed E-state index contributed by atoms with van der Waals surface area (Å²) in [6.07, 6.45) is 13.4. The van der Waals surface area contributed by atoms with E-state index < -0.39 is 15.6 Å². The lowest BCUT2D eigenvalue weighted by Crippen LogP contribution is -2.36. The molecular formula is C17H28F3NO3S. The third-order valence-electron chi connectivity index (χ3n) is 3.70. The molecule has 1 heterocycles. The number of aryl methyl sites for hydroxylation is 2. The smallest absolute Gasteiger partial charge is 0.485 e. The number of unbranched alkanes of at least 4 members (excludes halogenated alkanes) is 7. The standard InChI is InChI=1S/C16H28N.CHF3O3S/c1-3-4-5-6-7-8-9-11-14-17-15-12-10-13-16(17)2;2-1(3,4)8(5,6)7/h10,12-13,15H,3-9,11,14H2,1-2H3;(H,5,6,7)/q+1;/p-1. The van der Waals surface area contributed by atoms with Crippen molar-refractivity contribution in [2.45, 2.75) is 77.3 Å². The second kappa shape index (κ2) is 12.2. The Morgan fingerprint density at radius 1 is 1.00 bits per heavy atom. The van der Waals surface area contributed by atoms with E-state index in [1.165, 1.54) is 63.6 Å². The van der Waals surface area contributed by atoms with Crippen LogP contribution >= 0.6 is 0 Å². The van der Waals surface area contributed by atoms with Crippen LogP contribution in [0.5, 0.6) is 0 Å². The zero-order chi connectivity index (χ0) is 19.3. The number of hydrogen-bond acceptors (Lipinski definition) is 3. The number of nitrogens with zero attached hydrogens (tertiary/aromatic N) is 1. The fourth-order valence-corrected chi connectivity index (χ4v) is 2.23. The molecule has 0 aliphatic heterocycles. The predicted octanol–water partition coefficient (Wildman–Crippen LogP) is 4.47. The van der Waals surface area contributed by atoms with Crippen molar-refractivity contribution in [3.05, 3.63) is 30.1 Å². The first-order chi connectivity index (χ1) is 11.6. The average molecular weight is 383 g/mol. The van der Waals surface area contributed by atoms with Crippen molar-refractivity contribution in [1.82, 2.24) is 0 Å². The van der Waals surface area contributed by atoms with E-state index in [4.69, 9.17) is 13.0 Å². The highest BCUT2D eigenvalue weighted by Gasteiger charge is 2.36. The number of aromatic nitrogens is 1. The zero-order valence-electron chi connectivity index (χ0n) is 14.9. The fraction of sp³-hybridized carbons (Fsp3) is 0.706. The van der Waals surface area contributed by atoms with Gasteiger partial charge in [0, 0.05) is 25.5 Å². The van der Waals surface area contributed by atoms with Crippen molar-refractivity contribution in [3.8, 4) is 0 Å². The molecule has 0 bridgehead atoms. The average Bonchev–Trinajstić information content (AvgIpc) is 2.50. The Morgan fingerprint density at radius 3 is 1.92 bits per heavy atom. The minimum atomic E-state index is -6.09. The third kappa shape index (κ3) is 11.9. The van der Waals surface area contributed by atoms with E-state index in [0.29, 0.717) is 0 Å². The van der Waals surface area contributed by atoms with Crippen molar-refractivity contribution in [2.24, 2.45) is 0 Å². The molecule has 0 radical (unpaired) electrons. The fourth-order valence-electron chi connectivity index (χ4n) is 2.23. The van der Waals surface area contributed by atoms with E-state index in [1.807, 2.05) is 0 Å². The van der Waals surface area contributed by atoms with E-state index in [1.54, 1.807) is 0 Å². The van der Waals surface area contributed by atoms with Crippen LogP contribution in [-0.4, -0.2) is 18.5 Å². The van der Waals surface area contributed by atoms with Crippen LogP contribution in [0.25, 0.3) is 0 Å². The lowest BCUT2D eigenvalue weighted by atomic mass is 10.1. The van der Waals surface area contributed by atoms with Gasteiger partial charge in [-0.1, -0.05) is 51.5 Å². The van der Waals surface area contributed by atoms with Gasteiger partial charge in [-0.15, -0.1) is 0 Å². The minimum absolute atomic E-state index is 1.18. The molecule has 1 aromatic heterocycles. The molecule has 1 aromatic rings. The van der Waals surface area contributed by atoms with Gasteiger partial charge in [-0.3, -0.25) is 0 Å². The van der Waals surface area contributed by atoms with Crippen LogP contribution in [0.1, 0.15) is 64.0 Å². The molecule has 0 aliphatic carbocycles. The van der Waals surface area contributed by atoms with Gasteiger partial charge in [0.1, 0.15) is 6.54 Å². The first-order valence-electron chi connectivity index (χ1n) is 8.56. The predicted molar refractivity (Wildman–Crippen MR) is 89.7 cm³/mol. The molecular weight excluding hydrogens is 355 g/mol. The van der Waals surface area contributed by atoms with Crippen molar-refractivity contribution in [2.75, 3.05) is 0 Å². The molecule has 0 unspecified atom stereocenters. The van der Waals surface area contributed by atoms with Gasteiger partial charge in [0.2, 0.25) is 0 Å². The highest BCUT2D eigenvalue weighted by Crippen LogP contribution is 2.20. The lowest BCUT2D eigenvalue weighted by molar-refractivity contribution is -0.703. The van der Waals surface area contributed by atoms with Gasteiger partial charge >= 0.3 is 5.51 Å². The first kappa shape index (κ1) is 23.9. The SMILES string of the molecule is CCCCCCCCCC[n+]1ccccc1C.O=S(=O)([O-])C(F)(F)F. The Balaban J connectivity index is 0.000000609. The number of rotatable bonds is 9. The third-order valence-corrected chi connectivity index (χ3v) is 4.27. The minimum Gasteiger partial charge on any atom is -0.741 e. The van der Waals surface area contributed by atoms with Gasteiger partial charge in [-0.25, -0.2) is 13.0 Å². The largest absolute Gasteiger partial charge is 0.741 e. The van der Waals surface area contributed by atoms with Gasteiger partial charge in [-0.2, -0.15) is 13.2 Å². The van der Waals surface area contributed by atoms with E-state index in [9.17, 15) is 13.2 Å². The second-order valence-electron chi connectivity index (χ2n) is 5.91. The molecule has 0 saturated carbocycles. The summed E-state index contributed by atoms with van der Waals surface area (Å²) in [5, 5.41) is 0. The summed E-state index contributed by atoms with van der Waals surface area (Å²) in [5.41, 5.74) is -4.28. The Hall–Kier alpha value is -1.15. The van der Waals surface area contributed by atoms with Crippen molar-refractivity contribution >= 4 is 10.1 Å². The molecule has 0 N–H and O–H groups in total. The zero-order valence-corrected chi connectivity index (χ0v) is 15.7. The Morgan fingerprint density at radius 2 is 1.48 bits per heavy atom. The van der Waals surface area contributed by atoms with Crippen LogP contribution in [0.2, 0.25) is 0 Å². The van der Waals surface area contributed by atoms with Crippen molar-refractivity contribution < 1.29 is 30.7 Å². The van der Waals surface area contributed by atoms with Gasteiger partial charge < -0.3 is 4.55 Å². The normalized spacial score (nSPS) is 11.8. The Bertz CT molecular complexity index is 575. The topological polar surface area (TPSA) is 61.1 Å². The Labute approximate surface area is 148 Å². The maximum absolute atomic E-state index is 10.7. The highest BCUT2D eigenvalue weighted by molar-refractivity contribution is 7.86. The molecule has 8 heteroatoms. The maximum atomic E-state index is 10.7. The summed E-state index contributed by atoms with van der Waals surface area (Å²) >= 11 is 0. The summed E-state index contributed by atoms with van der Waals surface area (Å²) in [5.74, 6) is 0. The van der Waals surface area contributed by atoms with E-state index >= 15 is 0 Å². The molecule has 0 aliphatic rings. The lowest BCUT2D eigenvalue weighted by Gasteiger charge is -2.08. The number of hydrogen-bond donors (Lipinski definition) is 0. The summed E-state index contributed by atoms with van der Waals surface area (Å²) in [6.45, 7) is 5.64. The van der Waals surface area contributed by atoms with Crippen molar-refractivity contribution in [1.29, 1.82) is 0 Å². The monoisotopic (exact) mass is 383 g/mol. The quantitative estimate of drug-likeness (QED) is 0.273. The molecule has 4 nitrogen and oxygen atoms in total. The molecule has 0 aromatic carbocycles. The number of halogens is 3. The van der Waals surface area contributed by atoms with E-state index in [-0.39, 0.29) is 0 Å². The van der Waals surface area contributed by atoms with Crippen LogP contribution in [0.3, 0.4) is 0 Å². The highest BCUT2D eigenvalue weighted by atomic mass is 32.2. The molecule has 0 amide bonds. The van der Waals surface area contributed by atoms with Crippen LogP contribution in [0, 0.1) is 6.92 Å². The first-order valence-corrected chi connectivity index (χ1v) is 9.97. The van der Waals surface area contributed by atoms with Crippen LogP contribution in [0.4, 0.5) is 13.2 Å². The van der Waals surface area contributed by atoms with Gasteiger partial charge in [-0.05, 0) is 6.42 Å². The van der Waals surface area contributed by atoms with Gasteiger partial charge in [0.25, 0.3) is 0 Å². The second-order valence-corrected chi connectivity index (χ2v) is 7.28. The van der Waals surface area contributed by atoms with Gasteiger partial charge in [0.15, 0.2) is 22.0 Å². The summed E-state index contributed by atoms with van der Waals surface area (Å²) in [4.78, 5) is 0. The number of pyridine rings is 1. The van der Waals surface area contributed by atoms with Crippen LogP contribution < -0.4 is 4.57 Å². The van der Waals surface area contributed by atoms with Crippen LogP contribution in [0.15, 0.2) is 24.4 Å². The van der Waals surface area contributed by atoms with Crippen LogP contribution in [-0.2, 0) is 16.7 Å². The molecule has 0 atom stereocenters. The summed E-state index contributed by atoms with van der Waals surface area (Å²) < 4.78 is 61.3. The molecule has 0 saturated heterocycles. The molecule has 0 spiro atoms. The van der Waals surface area contributed by atoms with Crippen molar-refractivity contribution in [3.63, 3.8) is 0 Å². The molecule has 0 fully saturated rings. The van der Waals surface area contributed by atoms with Gasteiger partial charge in [0.05, 0.1) is 0 Å². The van der Waals surface area contributed by atoms with E-state index in [0.717, 1.165) is 0 Å². The number of alkyl halides is 3.